The first kappa shape index (κ1) is 23.4. The molecule has 1 N–H and O–H groups in total. The molecule has 12 heteroatoms. The molecule has 2 amide bonds. The van der Waals surface area contributed by atoms with Gasteiger partial charge in [-0.3, -0.25) is 14.7 Å². The van der Waals surface area contributed by atoms with E-state index in [1.165, 1.54) is 31.4 Å². The number of ether oxygens (including phenoxy) is 2. The summed E-state index contributed by atoms with van der Waals surface area (Å²) in [6.45, 7) is 1.24. The predicted molar refractivity (Wildman–Crippen MR) is 122 cm³/mol. The van der Waals surface area contributed by atoms with Crippen LogP contribution in [0, 0.1) is 5.92 Å². The lowest BCUT2D eigenvalue weighted by Gasteiger charge is -2.19. The van der Waals surface area contributed by atoms with Crippen LogP contribution in [0.5, 0.6) is 11.5 Å². The average Bonchev–Trinajstić information content (AvgIpc) is 3.55. The highest BCUT2D eigenvalue weighted by Crippen LogP contribution is 2.32. The van der Waals surface area contributed by atoms with Crippen molar-refractivity contribution in [1.82, 2.24) is 25.2 Å². The van der Waals surface area contributed by atoms with Crippen LogP contribution in [0.25, 0.3) is 17.1 Å². The third-order valence-corrected chi connectivity index (χ3v) is 6.01. The summed E-state index contributed by atoms with van der Waals surface area (Å²) < 4.78 is 46.7. The maximum atomic E-state index is 12.9. The minimum atomic E-state index is -4.84. The lowest BCUT2D eigenvalue weighted by molar-refractivity contribution is -0.274. The van der Waals surface area contributed by atoms with Gasteiger partial charge in [0.25, 0.3) is 5.91 Å². The average molecular weight is 499 g/mol. The molecule has 1 aromatic heterocycles. The van der Waals surface area contributed by atoms with Gasteiger partial charge in [0.1, 0.15) is 17.0 Å². The fraction of sp³-hybridized carbons (Fsp3) is 0.250. The number of H-pyrrole nitrogens is 1. The summed E-state index contributed by atoms with van der Waals surface area (Å²) in [5, 5.41) is 10.4. The number of alkyl halides is 3. The Hall–Kier alpha value is -4.35. The van der Waals surface area contributed by atoms with Crippen molar-refractivity contribution in [3.8, 4) is 11.5 Å². The molecule has 0 saturated carbocycles. The highest BCUT2D eigenvalue weighted by Gasteiger charge is 2.37. The van der Waals surface area contributed by atoms with E-state index in [9.17, 15) is 22.8 Å². The molecule has 3 heterocycles. The van der Waals surface area contributed by atoms with Gasteiger partial charge in [-0.25, -0.2) is 0 Å². The molecule has 5 rings (SSSR count). The molecule has 2 aliphatic heterocycles. The molecule has 0 aliphatic carbocycles. The molecule has 0 spiro atoms. The quantitative estimate of drug-likeness (QED) is 0.541. The van der Waals surface area contributed by atoms with Crippen LogP contribution in [0.1, 0.15) is 15.9 Å². The maximum absolute atomic E-state index is 12.9. The predicted octanol–water partition coefficient (Wildman–Crippen LogP) is 3.38. The van der Waals surface area contributed by atoms with Crippen LogP contribution in [0.2, 0.25) is 0 Å². The maximum Gasteiger partial charge on any atom is 0.573 e. The number of aromatic nitrogens is 3. The van der Waals surface area contributed by atoms with Gasteiger partial charge in [-0.1, -0.05) is 5.21 Å². The first-order chi connectivity index (χ1) is 17.2. The van der Waals surface area contributed by atoms with Gasteiger partial charge in [-0.05, 0) is 47.5 Å². The van der Waals surface area contributed by atoms with Gasteiger partial charge in [0.2, 0.25) is 5.91 Å². The number of halogens is 3. The van der Waals surface area contributed by atoms with E-state index >= 15 is 0 Å². The molecular formula is C24H20F3N5O4. The zero-order chi connectivity index (χ0) is 25.4. The second kappa shape index (κ2) is 9.02. The monoisotopic (exact) mass is 499 g/mol. The molecule has 0 unspecified atom stereocenters. The highest BCUT2D eigenvalue weighted by molar-refractivity contribution is 5.98. The smallest absolute Gasteiger partial charge is 0.497 e. The van der Waals surface area contributed by atoms with Gasteiger partial charge in [0.15, 0.2) is 0 Å². The summed E-state index contributed by atoms with van der Waals surface area (Å²) in [6.07, 6.45) is -0.363. The van der Waals surface area contributed by atoms with Crippen molar-refractivity contribution in [2.24, 2.45) is 5.92 Å². The minimum Gasteiger partial charge on any atom is -0.497 e. The molecule has 0 radical (unpaired) electrons. The number of methoxy groups -OCH3 is 1. The molecule has 2 aromatic carbocycles. The van der Waals surface area contributed by atoms with Gasteiger partial charge < -0.3 is 19.3 Å². The SMILES string of the molecule is COc1cc(C=CC(=O)N2CC3=CN(C(=O)c4ccc5[nH]nnc5c4)C[C@H]3C2)cc(OC(F)(F)F)c1. The number of hydrogen-bond donors (Lipinski definition) is 1. The van der Waals surface area contributed by atoms with Crippen molar-refractivity contribution >= 4 is 28.9 Å². The Balaban J connectivity index is 1.24. The summed E-state index contributed by atoms with van der Waals surface area (Å²) in [5.74, 6) is -0.708. The van der Waals surface area contributed by atoms with E-state index in [1.807, 2.05) is 0 Å². The van der Waals surface area contributed by atoms with Gasteiger partial charge in [0.05, 0.1) is 12.6 Å². The molecule has 0 bridgehead atoms. The second-order valence-corrected chi connectivity index (χ2v) is 8.44. The molecule has 3 aromatic rings. The van der Waals surface area contributed by atoms with Crippen LogP contribution >= 0.6 is 0 Å². The molecule has 1 fully saturated rings. The topological polar surface area (TPSA) is 101 Å². The number of benzene rings is 2. The van der Waals surface area contributed by atoms with Crippen molar-refractivity contribution < 1.29 is 32.2 Å². The Labute approximate surface area is 202 Å². The number of likely N-dealkylation sites (tertiary alicyclic amines) is 1. The van der Waals surface area contributed by atoms with Crippen LogP contribution < -0.4 is 9.47 Å². The Morgan fingerprint density at radius 3 is 2.69 bits per heavy atom. The lowest BCUT2D eigenvalue weighted by Crippen LogP contribution is -2.32. The zero-order valence-corrected chi connectivity index (χ0v) is 19.0. The van der Waals surface area contributed by atoms with Crippen molar-refractivity contribution in [2.75, 3.05) is 26.7 Å². The number of carbonyl (C=O) groups is 2. The van der Waals surface area contributed by atoms with E-state index < -0.39 is 12.1 Å². The van der Waals surface area contributed by atoms with Gasteiger partial charge >= 0.3 is 6.36 Å². The van der Waals surface area contributed by atoms with Gasteiger partial charge in [0, 0.05) is 49.5 Å². The van der Waals surface area contributed by atoms with E-state index in [-0.39, 0.29) is 23.5 Å². The van der Waals surface area contributed by atoms with Gasteiger partial charge in [-0.15, -0.1) is 18.3 Å². The molecule has 1 saturated heterocycles. The fourth-order valence-corrected chi connectivity index (χ4v) is 4.33. The standard InChI is InChI=1S/C24H20F3N5O4/c1-35-18-6-14(7-19(9-18)36-24(25,26)27)2-5-22(33)31-10-16-12-32(13-17(16)11-31)23(34)15-3-4-20-21(8-15)29-30-28-20/h2-9,12,17H,10-11,13H2,1H3,(H,28,29,30)/t17-/m1/s1. The number of carbonyl (C=O) groups excluding carboxylic acids is 2. The first-order valence-electron chi connectivity index (χ1n) is 10.9. The summed E-state index contributed by atoms with van der Waals surface area (Å²) in [7, 11) is 1.32. The second-order valence-electron chi connectivity index (χ2n) is 8.44. The molecular weight excluding hydrogens is 479 g/mol. The van der Waals surface area contributed by atoms with Crippen LogP contribution in [-0.2, 0) is 4.79 Å². The third-order valence-electron chi connectivity index (χ3n) is 6.01. The number of rotatable bonds is 5. The van der Waals surface area contributed by atoms with Crippen molar-refractivity contribution in [1.29, 1.82) is 0 Å². The minimum absolute atomic E-state index is 0.0192. The number of fused-ring (bicyclic) bond motifs is 2. The third kappa shape index (κ3) is 4.88. The molecule has 9 nitrogen and oxygen atoms in total. The molecule has 2 aliphatic rings. The Morgan fingerprint density at radius 2 is 1.94 bits per heavy atom. The van der Waals surface area contributed by atoms with E-state index in [4.69, 9.17) is 4.74 Å². The van der Waals surface area contributed by atoms with Crippen molar-refractivity contribution in [2.45, 2.75) is 6.36 Å². The van der Waals surface area contributed by atoms with Crippen LogP contribution in [0.4, 0.5) is 13.2 Å². The van der Waals surface area contributed by atoms with E-state index in [0.29, 0.717) is 36.3 Å². The van der Waals surface area contributed by atoms with Crippen LogP contribution in [0.3, 0.4) is 0 Å². The van der Waals surface area contributed by atoms with Gasteiger partial charge in [-0.2, -0.15) is 0 Å². The van der Waals surface area contributed by atoms with E-state index in [2.05, 4.69) is 20.1 Å². The number of nitrogens with zero attached hydrogens (tertiary/aromatic N) is 4. The van der Waals surface area contributed by atoms with Crippen molar-refractivity contribution in [3.63, 3.8) is 0 Å². The normalized spacial score (nSPS) is 17.6. The van der Waals surface area contributed by atoms with E-state index in [1.54, 1.807) is 34.2 Å². The number of nitrogens with one attached hydrogen (secondary N) is 1. The first-order valence-corrected chi connectivity index (χ1v) is 10.9. The summed E-state index contributed by atoms with van der Waals surface area (Å²) >= 11 is 0. The Bertz CT molecular complexity index is 1400. The Kier molecular flexibility index (Phi) is 5.86. The Morgan fingerprint density at radius 1 is 1.14 bits per heavy atom. The zero-order valence-electron chi connectivity index (χ0n) is 19.0. The lowest BCUT2D eigenvalue weighted by atomic mass is 10.1. The highest BCUT2D eigenvalue weighted by atomic mass is 19.4. The summed E-state index contributed by atoms with van der Waals surface area (Å²) in [5.41, 5.74) is 3.13. The molecule has 186 valence electrons. The number of amides is 2. The summed E-state index contributed by atoms with van der Waals surface area (Å²) in [6, 6.07) is 8.91. The van der Waals surface area contributed by atoms with Crippen LogP contribution in [-0.4, -0.2) is 70.1 Å². The van der Waals surface area contributed by atoms with Crippen molar-refractivity contribution in [3.05, 3.63) is 65.4 Å². The number of hydrogen-bond acceptors (Lipinski definition) is 6. The summed E-state index contributed by atoms with van der Waals surface area (Å²) in [4.78, 5) is 28.9. The molecule has 36 heavy (non-hydrogen) atoms. The van der Waals surface area contributed by atoms with E-state index in [0.717, 1.165) is 17.2 Å². The number of aromatic amines is 1. The molecule has 1 atom stereocenters. The largest absolute Gasteiger partial charge is 0.573 e. The van der Waals surface area contributed by atoms with Crippen LogP contribution in [0.15, 0.2) is 54.2 Å². The fourth-order valence-electron chi connectivity index (χ4n) is 4.33.